The molecule has 0 saturated heterocycles. The van der Waals surface area contributed by atoms with Crippen molar-refractivity contribution in [1.82, 2.24) is 0 Å². The van der Waals surface area contributed by atoms with Crippen LogP contribution in [0.15, 0.2) is 255 Å². The topological polar surface area (TPSA) is 0 Å². The van der Waals surface area contributed by atoms with Gasteiger partial charge in [0.05, 0.1) is 0 Å². The van der Waals surface area contributed by atoms with Gasteiger partial charge in [0.2, 0.25) is 0 Å². The Labute approximate surface area is 384 Å². The summed E-state index contributed by atoms with van der Waals surface area (Å²) in [6.45, 7) is 0. The van der Waals surface area contributed by atoms with E-state index < -0.39 is 0 Å². The van der Waals surface area contributed by atoms with E-state index in [1.165, 1.54) is 131 Å². The quantitative estimate of drug-likeness (QED) is 0.146. The summed E-state index contributed by atoms with van der Waals surface area (Å²) in [4.78, 5) is 0. The summed E-state index contributed by atoms with van der Waals surface area (Å²) < 4.78 is 0. The molecule has 0 heteroatoms. The molecule has 0 spiro atoms. The largest absolute Gasteiger partial charge is 0.0616 e. The van der Waals surface area contributed by atoms with E-state index in [2.05, 4.69) is 255 Å². The van der Waals surface area contributed by atoms with Crippen LogP contribution in [0.1, 0.15) is 0 Å². The van der Waals surface area contributed by atoms with Gasteiger partial charge in [0, 0.05) is 0 Å². The van der Waals surface area contributed by atoms with Gasteiger partial charge in [0.25, 0.3) is 0 Å². The van der Waals surface area contributed by atoms with Crippen LogP contribution in [-0.2, 0) is 0 Å². The summed E-state index contributed by atoms with van der Waals surface area (Å²) in [5.41, 5.74) is 14.6. The van der Waals surface area contributed by atoms with Gasteiger partial charge in [-0.05, 0) is 168 Å². The minimum absolute atomic E-state index is 1.19. The summed E-state index contributed by atoms with van der Waals surface area (Å²) in [5.74, 6) is 0. The summed E-state index contributed by atoms with van der Waals surface area (Å²) in [6, 6.07) is 94.4. The van der Waals surface area contributed by atoms with Crippen LogP contribution in [0.2, 0.25) is 0 Å². The van der Waals surface area contributed by atoms with Gasteiger partial charge < -0.3 is 0 Å². The molecule has 0 radical (unpaired) electrons. The summed E-state index contributed by atoms with van der Waals surface area (Å²) in [7, 11) is 0. The minimum atomic E-state index is 1.19. The molecule has 0 N–H and O–H groups in total. The van der Waals surface area contributed by atoms with E-state index in [9.17, 15) is 0 Å². The van der Waals surface area contributed by atoms with Crippen LogP contribution in [-0.4, -0.2) is 0 Å². The Kier molecular flexibility index (Phi) is 8.96. The van der Waals surface area contributed by atoms with Crippen LogP contribution >= 0.6 is 0 Å². The number of benzene rings is 13. The molecule has 0 unspecified atom stereocenters. The molecule has 0 aliphatic heterocycles. The predicted molar refractivity (Wildman–Crippen MR) is 284 cm³/mol. The Bertz CT molecular complexity index is 4050. The van der Waals surface area contributed by atoms with E-state index in [-0.39, 0.29) is 0 Å². The third kappa shape index (κ3) is 6.38. The molecule has 0 amide bonds. The van der Waals surface area contributed by atoms with Crippen molar-refractivity contribution in [2.75, 3.05) is 0 Å². The van der Waals surface area contributed by atoms with Crippen LogP contribution in [0, 0.1) is 0 Å². The first-order chi connectivity index (χ1) is 32.7. The van der Waals surface area contributed by atoms with E-state index in [0.717, 1.165) is 0 Å². The first-order valence-corrected chi connectivity index (χ1v) is 22.9. The van der Waals surface area contributed by atoms with Gasteiger partial charge in [0.15, 0.2) is 0 Å². The van der Waals surface area contributed by atoms with Crippen LogP contribution in [0.5, 0.6) is 0 Å². The molecule has 13 aromatic rings. The molecular formula is C66H42. The fourth-order valence-electron chi connectivity index (χ4n) is 10.7. The number of hydrogen-bond donors (Lipinski definition) is 0. The van der Waals surface area contributed by atoms with E-state index in [0.29, 0.717) is 0 Å². The molecule has 0 atom stereocenters. The maximum absolute atomic E-state index is 2.47. The Morgan fingerprint density at radius 1 is 0.152 bits per heavy atom. The van der Waals surface area contributed by atoms with Crippen LogP contribution in [0.3, 0.4) is 0 Å². The SMILES string of the molecule is c1cc(-c2cccc3ccccc23)cc(-c2c3ccccc3c(-c3cccc(-c4cccc5ccccc45)c3)c3cc(-c4ccccc4-c4ccc5cc6ccccc6cc5c4)ccc23)c1. The Morgan fingerprint density at radius 2 is 0.515 bits per heavy atom. The van der Waals surface area contributed by atoms with Gasteiger partial charge in [-0.1, -0.05) is 218 Å². The molecule has 66 heavy (non-hydrogen) atoms. The predicted octanol–water partition coefficient (Wildman–Crippen LogP) is 18.6. The Balaban J connectivity index is 1.06. The highest BCUT2D eigenvalue weighted by molar-refractivity contribution is 6.22. The van der Waals surface area contributed by atoms with Gasteiger partial charge in [-0.3, -0.25) is 0 Å². The zero-order valence-corrected chi connectivity index (χ0v) is 36.2. The van der Waals surface area contributed by atoms with Crippen molar-refractivity contribution in [2.24, 2.45) is 0 Å². The maximum atomic E-state index is 2.47. The van der Waals surface area contributed by atoms with Crippen molar-refractivity contribution in [2.45, 2.75) is 0 Å². The molecule has 0 aliphatic carbocycles. The summed E-state index contributed by atoms with van der Waals surface area (Å²) in [5, 5.41) is 15.0. The lowest BCUT2D eigenvalue weighted by molar-refractivity contribution is 1.60. The molecule has 0 heterocycles. The van der Waals surface area contributed by atoms with Crippen LogP contribution in [0.4, 0.5) is 0 Å². The fourth-order valence-corrected chi connectivity index (χ4v) is 10.7. The average Bonchev–Trinajstić information content (AvgIpc) is 3.39. The molecule has 0 aliphatic rings. The second-order valence-corrected chi connectivity index (χ2v) is 17.6. The second kappa shape index (κ2) is 15.6. The number of rotatable bonds is 6. The lowest BCUT2D eigenvalue weighted by atomic mass is 9.83. The Hall–Kier alpha value is -8.58. The standard InChI is InChI=1S/C66H42/c1-2-18-46-38-54-41-50(34-33-47(54)37-45(46)17-1)57-27-7-8-28-58(57)51-35-36-63-64(42-51)66(53-24-12-22-49(40-53)60-32-14-20-44-16-4-6-26-56(44)60)62-30-10-9-29-61(62)65(63)52-23-11-21-48(39-52)59-31-13-19-43-15-3-5-25-55(43)59/h1-42H. The lowest BCUT2D eigenvalue weighted by Gasteiger charge is -2.20. The minimum Gasteiger partial charge on any atom is -0.0616 e. The fraction of sp³-hybridized carbons (Fsp3) is 0. The molecule has 306 valence electrons. The summed E-state index contributed by atoms with van der Waals surface area (Å²) >= 11 is 0. The first kappa shape index (κ1) is 37.9. The maximum Gasteiger partial charge on any atom is -0.00259 e. The van der Waals surface area contributed by atoms with Crippen LogP contribution in [0.25, 0.3) is 131 Å². The Morgan fingerprint density at radius 3 is 1.11 bits per heavy atom. The molecule has 13 aromatic carbocycles. The highest BCUT2D eigenvalue weighted by atomic mass is 14.2. The molecule has 13 rings (SSSR count). The molecular weight excluding hydrogens is 793 g/mol. The number of hydrogen-bond acceptors (Lipinski definition) is 0. The van der Waals surface area contributed by atoms with E-state index >= 15 is 0 Å². The molecule has 0 aromatic heterocycles. The van der Waals surface area contributed by atoms with E-state index in [1.807, 2.05) is 0 Å². The zero-order chi connectivity index (χ0) is 43.6. The highest BCUT2D eigenvalue weighted by Gasteiger charge is 2.20. The lowest BCUT2D eigenvalue weighted by Crippen LogP contribution is -1.93. The van der Waals surface area contributed by atoms with Crippen molar-refractivity contribution in [1.29, 1.82) is 0 Å². The van der Waals surface area contributed by atoms with Crippen molar-refractivity contribution in [3.8, 4) is 66.8 Å². The van der Waals surface area contributed by atoms with Crippen molar-refractivity contribution in [3.63, 3.8) is 0 Å². The van der Waals surface area contributed by atoms with Crippen LogP contribution < -0.4 is 0 Å². The zero-order valence-electron chi connectivity index (χ0n) is 36.2. The first-order valence-electron chi connectivity index (χ1n) is 22.9. The third-order valence-electron chi connectivity index (χ3n) is 13.8. The van der Waals surface area contributed by atoms with E-state index in [1.54, 1.807) is 0 Å². The normalized spacial score (nSPS) is 11.6. The van der Waals surface area contributed by atoms with Gasteiger partial charge in [-0.2, -0.15) is 0 Å². The van der Waals surface area contributed by atoms with Gasteiger partial charge in [-0.15, -0.1) is 0 Å². The van der Waals surface area contributed by atoms with Gasteiger partial charge >= 0.3 is 0 Å². The summed E-state index contributed by atoms with van der Waals surface area (Å²) in [6.07, 6.45) is 0. The monoisotopic (exact) mass is 834 g/mol. The average molecular weight is 835 g/mol. The smallest absolute Gasteiger partial charge is 0.00259 e. The third-order valence-corrected chi connectivity index (χ3v) is 13.8. The van der Waals surface area contributed by atoms with Crippen molar-refractivity contribution < 1.29 is 0 Å². The second-order valence-electron chi connectivity index (χ2n) is 17.6. The van der Waals surface area contributed by atoms with Crippen molar-refractivity contribution >= 4 is 64.6 Å². The number of fused-ring (bicyclic) bond motifs is 6. The molecule has 0 saturated carbocycles. The van der Waals surface area contributed by atoms with E-state index in [4.69, 9.17) is 0 Å². The van der Waals surface area contributed by atoms with Gasteiger partial charge in [-0.25, -0.2) is 0 Å². The molecule has 0 fully saturated rings. The molecule has 0 bridgehead atoms. The van der Waals surface area contributed by atoms with Crippen molar-refractivity contribution in [3.05, 3.63) is 255 Å². The molecule has 0 nitrogen and oxygen atoms in total. The highest BCUT2D eigenvalue weighted by Crippen LogP contribution is 2.47. The van der Waals surface area contributed by atoms with Gasteiger partial charge in [0.1, 0.15) is 0 Å².